The first kappa shape index (κ1) is 17.7. The summed E-state index contributed by atoms with van der Waals surface area (Å²) in [6.07, 6.45) is 7.09. The van der Waals surface area contributed by atoms with Crippen LogP contribution in [0.2, 0.25) is 0 Å². The maximum absolute atomic E-state index is 11.9. The molecule has 6 nitrogen and oxygen atoms in total. The van der Waals surface area contributed by atoms with E-state index in [0.717, 1.165) is 23.7 Å². The molecular weight excluding hydrogens is 334 g/mol. The Morgan fingerprint density at radius 3 is 2.68 bits per heavy atom. The molecule has 1 aliphatic carbocycles. The third-order valence-electron chi connectivity index (χ3n) is 4.36. The number of hydrogen-bond acceptors (Lipinski definition) is 5. The van der Waals surface area contributed by atoms with Crippen LogP contribution in [-0.2, 0) is 0 Å². The van der Waals surface area contributed by atoms with Crippen LogP contribution in [0.15, 0.2) is 30.3 Å². The third kappa shape index (κ3) is 5.70. The molecule has 1 saturated carbocycles. The highest BCUT2D eigenvalue weighted by Crippen LogP contribution is 2.35. The number of hydrogen-bond donors (Lipinski definition) is 3. The molecule has 3 N–H and O–H groups in total. The fourth-order valence-electron chi connectivity index (χ4n) is 3.02. The molecule has 0 radical (unpaired) electrons. The molecule has 1 aromatic carbocycles. The zero-order valence-electron chi connectivity index (χ0n) is 14.3. The maximum atomic E-state index is 11.9. The number of rotatable bonds is 7. The van der Waals surface area contributed by atoms with Gasteiger partial charge in [-0.15, -0.1) is 10.2 Å². The highest BCUT2D eigenvalue weighted by molar-refractivity contribution is 7.15. The highest BCUT2D eigenvalue weighted by atomic mass is 32.1. The van der Waals surface area contributed by atoms with E-state index in [9.17, 15) is 4.79 Å². The van der Waals surface area contributed by atoms with E-state index in [1.165, 1.54) is 43.4 Å². The molecule has 2 amide bonds. The van der Waals surface area contributed by atoms with Gasteiger partial charge >= 0.3 is 6.03 Å². The summed E-state index contributed by atoms with van der Waals surface area (Å²) in [7, 11) is 0. The quantitative estimate of drug-likeness (QED) is 0.647. The van der Waals surface area contributed by atoms with Gasteiger partial charge in [0.2, 0.25) is 5.13 Å². The SMILES string of the molecule is O=C(NCCCNc1ccccc1)Nc1nnc(C2CCCCC2)s1. The topological polar surface area (TPSA) is 78.9 Å². The van der Waals surface area contributed by atoms with Crippen molar-refractivity contribution in [2.75, 3.05) is 23.7 Å². The largest absolute Gasteiger partial charge is 0.385 e. The lowest BCUT2D eigenvalue weighted by Crippen LogP contribution is -2.30. The minimum atomic E-state index is -0.217. The predicted molar refractivity (Wildman–Crippen MR) is 102 cm³/mol. The Kier molecular flexibility index (Phi) is 6.62. The summed E-state index contributed by atoms with van der Waals surface area (Å²) >= 11 is 1.50. The standard InChI is InChI=1S/C18H25N5OS/c24-17(20-13-7-12-19-15-10-5-2-6-11-15)21-18-23-22-16(25-18)14-8-3-1-4-9-14/h2,5-6,10-11,14,19H,1,3-4,7-9,12-13H2,(H2,20,21,23,24). The fraction of sp³-hybridized carbons (Fsp3) is 0.500. The molecule has 134 valence electrons. The van der Waals surface area contributed by atoms with E-state index in [2.05, 4.69) is 26.1 Å². The van der Waals surface area contributed by atoms with Gasteiger partial charge in [-0.3, -0.25) is 5.32 Å². The highest BCUT2D eigenvalue weighted by Gasteiger charge is 2.20. The Labute approximate surface area is 152 Å². The second-order valence-corrected chi connectivity index (χ2v) is 7.32. The molecule has 1 heterocycles. The summed E-state index contributed by atoms with van der Waals surface area (Å²) in [5.74, 6) is 0.522. The number of carbonyl (C=O) groups excluding carboxylic acids is 1. The van der Waals surface area contributed by atoms with Gasteiger partial charge in [-0.25, -0.2) is 4.79 Å². The van der Waals surface area contributed by atoms with Gasteiger partial charge in [0.1, 0.15) is 5.01 Å². The molecule has 2 aromatic rings. The average Bonchev–Trinajstić information content (AvgIpc) is 3.11. The molecule has 0 atom stereocenters. The second kappa shape index (κ2) is 9.36. The van der Waals surface area contributed by atoms with Crippen LogP contribution in [0.5, 0.6) is 0 Å². The molecule has 3 rings (SSSR count). The summed E-state index contributed by atoms with van der Waals surface area (Å²) in [5, 5.41) is 18.9. The first-order chi connectivity index (χ1) is 12.3. The number of anilines is 2. The van der Waals surface area contributed by atoms with Crippen molar-refractivity contribution in [2.24, 2.45) is 0 Å². The van der Waals surface area contributed by atoms with E-state index in [0.29, 0.717) is 17.6 Å². The Bertz CT molecular complexity index is 654. The normalized spacial score (nSPS) is 14.9. The van der Waals surface area contributed by atoms with Crippen molar-refractivity contribution in [3.05, 3.63) is 35.3 Å². The van der Waals surface area contributed by atoms with Gasteiger partial charge in [-0.1, -0.05) is 48.8 Å². The maximum Gasteiger partial charge on any atom is 0.321 e. The lowest BCUT2D eigenvalue weighted by atomic mass is 9.90. The monoisotopic (exact) mass is 359 g/mol. The number of nitrogens with zero attached hydrogens (tertiary/aromatic N) is 2. The average molecular weight is 359 g/mol. The number of para-hydroxylation sites is 1. The lowest BCUT2D eigenvalue weighted by Gasteiger charge is -2.18. The first-order valence-corrected chi connectivity index (χ1v) is 9.80. The van der Waals surface area contributed by atoms with Crippen LogP contribution in [0.1, 0.15) is 49.5 Å². The van der Waals surface area contributed by atoms with Gasteiger partial charge in [0.05, 0.1) is 0 Å². The fourth-order valence-corrected chi connectivity index (χ4v) is 3.93. The van der Waals surface area contributed by atoms with E-state index in [4.69, 9.17) is 0 Å². The summed E-state index contributed by atoms with van der Waals surface area (Å²) in [6, 6.07) is 9.82. The van der Waals surface area contributed by atoms with Gasteiger partial charge < -0.3 is 10.6 Å². The van der Waals surface area contributed by atoms with Crippen molar-refractivity contribution < 1.29 is 4.79 Å². The van der Waals surface area contributed by atoms with Gasteiger partial charge in [0, 0.05) is 24.7 Å². The molecule has 0 bridgehead atoms. The minimum absolute atomic E-state index is 0.217. The van der Waals surface area contributed by atoms with Gasteiger partial charge in [0.15, 0.2) is 0 Å². The molecule has 1 aliphatic rings. The van der Waals surface area contributed by atoms with E-state index < -0.39 is 0 Å². The molecular formula is C18H25N5OS. The Morgan fingerprint density at radius 1 is 1.08 bits per heavy atom. The van der Waals surface area contributed by atoms with E-state index >= 15 is 0 Å². The summed E-state index contributed by atoms with van der Waals surface area (Å²) in [5.41, 5.74) is 1.09. The van der Waals surface area contributed by atoms with Gasteiger partial charge in [-0.2, -0.15) is 0 Å². The van der Waals surface area contributed by atoms with Crippen LogP contribution in [0, 0.1) is 0 Å². The zero-order chi connectivity index (χ0) is 17.3. The second-order valence-electron chi connectivity index (χ2n) is 6.31. The smallest absolute Gasteiger partial charge is 0.321 e. The Morgan fingerprint density at radius 2 is 1.88 bits per heavy atom. The molecule has 1 aromatic heterocycles. The summed E-state index contributed by atoms with van der Waals surface area (Å²) in [6.45, 7) is 1.43. The van der Waals surface area contributed by atoms with E-state index in [-0.39, 0.29) is 6.03 Å². The van der Waals surface area contributed by atoms with E-state index in [1.807, 2.05) is 30.3 Å². The van der Waals surface area contributed by atoms with Crippen LogP contribution >= 0.6 is 11.3 Å². The van der Waals surface area contributed by atoms with Gasteiger partial charge in [0.25, 0.3) is 0 Å². The van der Waals surface area contributed by atoms with Crippen molar-refractivity contribution in [3.63, 3.8) is 0 Å². The van der Waals surface area contributed by atoms with Crippen molar-refractivity contribution in [2.45, 2.75) is 44.4 Å². The lowest BCUT2D eigenvalue weighted by molar-refractivity contribution is 0.252. The number of nitrogens with one attached hydrogen (secondary N) is 3. The van der Waals surface area contributed by atoms with Crippen molar-refractivity contribution in [1.29, 1.82) is 0 Å². The van der Waals surface area contributed by atoms with E-state index in [1.54, 1.807) is 0 Å². The van der Waals surface area contributed by atoms with Crippen LogP contribution in [0.4, 0.5) is 15.6 Å². The zero-order valence-corrected chi connectivity index (χ0v) is 15.1. The van der Waals surface area contributed by atoms with Gasteiger partial charge in [-0.05, 0) is 31.4 Å². The van der Waals surface area contributed by atoms with Crippen molar-refractivity contribution in [1.82, 2.24) is 15.5 Å². The number of aromatic nitrogens is 2. The molecule has 0 unspecified atom stereocenters. The Balaban J connectivity index is 1.33. The van der Waals surface area contributed by atoms with Crippen molar-refractivity contribution in [3.8, 4) is 0 Å². The molecule has 25 heavy (non-hydrogen) atoms. The number of carbonyl (C=O) groups is 1. The minimum Gasteiger partial charge on any atom is -0.385 e. The number of amides is 2. The first-order valence-electron chi connectivity index (χ1n) is 8.98. The molecule has 1 fully saturated rings. The molecule has 7 heteroatoms. The van der Waals surface area contributed by atoms with Crippen LogP contribution in [0.25, 0.3) is 0 Å². The summed E-state index contributed by atoms with van der Waals surface area (Å²) in [4.78, 5) is 11.9. The molecule has 0 aliphatic heterocycles. The van der Waals surface area contributed by atoms with Crippen LogP contribution < -0.4 is 16.0 Å². The Hall–Kier alpha value is -2.15. The number of urea groups is 1. The van der Waals surface area contributed by atoms with Crippen LogP contribution in [-0.4, -0.2) is 29.3 Å². The third-order valence-corrected chi connectivity index (χ3v) is 5.36. The van der Waals surface area contributed by atoms with Crippen LogP contribution in [0.3, 0.4) is 0 Å². The van der Waals surface area contributed by atoms with Crippen molar-refractivity contribution >= 4 is 28.2 Å². The number of benzene rings is 1. The summed E-state index contributed by atoms with van der Waals surface area (Å²) < 4.78 is 0. The molecule has 0 saturated heterocycles. The predicted octanol–water partition coefficient (Wildman–Crippen LogP) is 4.21. The molecule has 0 spiro atoms.